The number of nitrogens with one attached hydrogen (secondary N) is 1. The molecule has 0 atom stereocenters. The number of aromatic nitrogens is 4. The molecule has 1 saturated heterocycles. The molecule has 11 heteroatoms. The van der Waals surface area contributed by atoms with Crippen LogP contribution in [-0.4, -0.2) is 42.1 Å². The third kappa shape index (κ3) is 5.57. The molecule has 1 aliphatic heterocycles. The molecule has 0 unspecified atom stereocenters. The lowest BCUT2D eigenvalue weighted by molar-refractivity contribution is 0.0919. The number of fused-ring (bicyclic) bond motifs is 1. The summed E-state index contributed by atoms with van der Waals surface area (Å²) in [4.78, 5) is 57.7. The normalized spacial score (nSPS) is 19.5. The fourth-order valence-electron chi connectivity index (χ4n) is 6.15. The Hall–Kier alpha value is -3.99. The summed E-state index contributed by atoms with van der Waals surface area (Å²) in [7, 11) is 0. The summed E-state index contributed by atoms with van der Waals surface area (Å²) in [5, 5.41) is 3.09. The lowest BCUT2D eigenvalue weighted by Gasteiger charge is -2.31. The minimum Gasteiger partial charge on any atom is -0.349 e. The number of hydrogen-bond donors (Lipinski definition) is 1. The van der Waals surface area contributed by atoms with Crippen molar-refractivity contribution in [1.82, 2.24) is 24.0 Å². The molecule has 9 nitrogen and oxygen atoms in total. The lowest BCUT2D eigenvalue weighted by Crippen LogP contribution is -2.47. The highest BCUT2D eigenvalue weighted by molar-refractivity contribution is 7.99. The number of nitrogens with zero attached hydrogens (tertiary/aromatic N) is 4. The van der Waals surface area contributed by atoms with E-state index in [0.29, 0.717) is 32.2 Å². The first-order valence-corrected chi connectivity index (χ1v) is 15.5. The minimum absolute atomic E-state index is 0.0735. The van der Waals surface area contributed by atoms with E-state index >= 15 is 0 Å². The predicted molar refractivity (Wildman–Crippen MR) is 161 cm³/mol. The topological polar surface area (TPSA) is 108 Å². The number of rotatable bonds is 6. The molecule has 1 saturated carbocycles. The van der Waals surface area contributed by atoms with Crippen molar-refractivity contribution in [1.29, 1.82) is 0 Å². The molecule has 42 heavy (non-hydrogen) atoms. The summed E-state index contributed by atoms with van der Waals surface area (Å²) in [5.74, 6) is 0.754. The highest BCUT2D eigenvalue weighted by atomic mass is 32.2. The summed E-state index contributed by atoms with van der Waals surface area (Å²) in [6.45, 7) is 0.364. The largest absolute Gasteiger partial charge is 0.349 e. The van der Waals surface area contributed by atoms with Crippen molar-refractivity contribution < 1.29 is 9.18 Å². The number of thioether (sulfide) groups is 1. The van der Waals surface area contributed by atoms with E-state index in [2.05, 4.69) is 10.3 Å². The number of benzene rings is 1. The van der Waals surface area contributed by atoms with E-state index in [-0.39, 0.29) is 40.3 Å². The van der Waals surface area contributed by atoms with Crippen molar-refractivity contribution in [3.8, 4) is 0 Å². The first-order chi connectivity index (χ1) is 20.4. The monoisotopic (exact) mass is 589 g/mol. The molecule has 0 spiro atoms. The van der Waals surface area contributed by atoms with Crippen molar-refractivity contribution in [3.63, 3.8) is 0 Å². The minimum atomic E-state index is -0.620. The van der Waals surface area contributed by atoms with E-state index in [1.54, 1.807) is 16.8 Å². The number of carbonyl (C=O) groups is 1. The van der Waals surface area contributed by atoms with Gasteiger partial charge in [-0.15, -0.1) is 0 Å². The average molecular weight is 590 g/mol. The van der Waals surface area contributed by atoms with Gasteiger partial charge >= 0.3 is 5.69 Å². The summed E-state index contributed by atoms with van der Waals surface area (Å²) >= 11 is 1.83. The Morgan fingerprint density at radius 2 is 1.62 bits per heavy atom. The molecule has 4 heterocycles. The summed E-state index contributed by atoms with van der Waals surface area (Å²) in [6.07, 6.45) is 6.32. The van der Waals surface area contributed by atoms with Gasteiger partial charge in [0.1, 0.15) is 17.0 Å². The van der Waals surface area contributed by atoms with Crippen LogP contribution in [0.3, 0.4) is 0 Å². The van der Waals surface area contributed by atoms with Crippen LogP contribution in [0, 0.1) is 5.82 Å². The first kappa shape index (κ1) is 28.1. The van der Waals surface area contributed by atoms with Crippen LogP contribution in [-0.2, 0) is 6.54 Å². The van der Waals surface area contributed by atoms with Crippen LogP contribution >= 0.6 is 11.8 Å². The molecule has 218 valence electrons. The zero-order valence-corrected chi connectivity index (χ0v) is 23.9. The maximum absolute atomic E-state index is 14.2. The highest BCUT2D eigenvalue weighted by Crippen LogP contribution is 2.30. The van der Waals surface area contributed by atoms with E-state index in [4.69, 9.17) is 0 Å². The molecule has 1 aromatic carbocycles. The number of hydrogen-bond acceptors (Lipinski definition) is 6. The van der Waals surface area contributed by atoms with Gasteiger partial charge in [0.2, 0.25) is 0 Å². The lowest BCUT2D eigenvalue weighted by atomic mass is 9.90. The molecule has 6 rings (SSSR count). The second-order valence-electron chi connectivity index (χ2n) is 11.0. The van der Waals surface area contributed by atoms with Gasteiger partial charge in [0.25, 0.3) is 17.0 Å². The van der Waals surface area contributed by atoms with Gasteiger partial charge in [-0.1, -0.05) is 30.3 Å². The van der Waals surface area contributed by atoms with Crippen molar-refractivity contribution in [2.75, 3.05) is 11.5 Å². The van der Waals surface area contributed by atoms with E-state index in [1.807, 2.05) is 42.1 Å². The number of amides is 1. The number of pyridine rings is 2. The molecule has 0 radical (unpaired) electrons. The van der Waals surface area contributed by atoms with Gasteiger partial charge in [0.05, 0.1) is 18.1 Å². The van der Waals surface area contributed by atoms with Gasteiger partial charge in [-0.2, -0.15) is 11.8 Å². The quantitative estimate of drug-likeness (QED) is 0.366. The SMILES string of the molecule is O=C(N[C@H]1CC[C@@H](n2c(=O)c3cc(F)cnc3n(C3CCSCC3)c2=O)CC1)c1cccn(Cc2ccccc2)c1=O. The van der Waals surface area contributed by atoms with Gasteiger partial charge in [0, 0.05) is 24.3 Å². The standard InChI is InChI=1S/C31H32FN5O4S/c32-21-17-26-27(33-18-21)36(24-12-15-42-16-13-24)31(41)37(30(26)40)23-10-8-22(9-11-23)34-28(38)25-7-4-14-35(29(25)39)19-20-5-2-1-3-6-20/h1-7,14,17-18,22-24H,8-13,15-16,19H2,(H,34,38)/t22-,23+. The maximum Gasteiger partial charge on any atom is 0.333 e. The molecule has 1 aliphatic carbocycles. The van der Waals surface area contributed by atoms with E-state index in [9.17, 15) is 23.6 Å². The van der Waals surface area contributed by atoms with E-state index in [1.165, 1.54) is 21.3 Å². The number of halogens is 1. The Labute approximate surface area is 245 Å². The van der Waals surface area contributed by atoms with Gasteiger partial charge in [-0.3, -0.25) is 23.5 Å². The van der Waals surface area contributed by atoms with Crippen molar-refractivity contribution in [2.24, 2.45) is 0 Å². The molecule has 0 bridgehead atoms. The van der Waals surface area contributed by atoms with Crippen LogP contribution in [0.2, 0.25) is 0 Å². The molecular weight excluding hydrogens is 557 g/mol. The summed E-state index contributed by atoms with van der Waals surface area (Å²) in [5.41, 5.74) is -0.0267. The predicted octanol–water partition coefficient (Wildman–Crippen LogP) is 3.89. The van der Waals surface area contributed by atoms with Crippen molar-refractivity contribution in [3.05, 3.63) is 109 Å². The molecule has 1 amide bonds. The molecule has 1 N–H and O–H groups in total. The fourth-order valence-corrected chi connectivity index (χ4v) is 7.24. The average Bonchev–Trinajstić information content (AvgIpc) is 3.00. The Bertz CT molecular complexity index is 1790. The molecule has 2 fully saturated rings. The molecule has 4 aromatic rings. The van der Waals surface area contributed by atoms with Gasteiger partial charge < -0.3 is 9.88 Å². The summed E-state index contributed by atoms with van der Waals surface area (Å²) in [6, 6.07) is 13.3. The Morgan fingerprint density at radius 3 is 2.36 bits per heavy atom. The Morgan fingerprint density at radius 1 is 0.905 bits per heavy atom. The molecule has 3 aromatic heterocycles. The Kier molecular flexibility index (Phi) is 8.10. The highest BCUT2D eigenvalue weighted by Gasteiger charge is 2.30. The second kappa shape index (κ2) is 12.1. The van der Waals surface area contributed by atoms with Gasteiger partial charge in [-0.25, -0.2) is 14.2 Å². The van der Waals surface area contributed by atoms with Gasteiger partial charge in [-0.05, 0) is 73.8 Å². The van der Waals surface area contributed by atoms with Crippen LogP contribution < -0.4 is 22.1 Å². The molecular formula is C31H32FN5O4S. The molecule has 2 aliphatic rings. The third-order valence-electron chi connectivity index (χ3n) is 8.34. The maximum atomic E-state index is 14.2. The summed E-state index contributed by atoms with van der Waals surface area (Å²) < 4.78 is 18.6. The van der Waals surface area contributed by atoms with Crippen LogP contribution in [0.15, 0.2) is 75.3 Å². The zero-order valence-electron chi connectivity index (χ0n) is 23.1. The van der Waals surface area contributed by atoms with Crippen LogP contribution in [0.25, 0.3) is 11.0 Å². The van der Waals surface area contributed by atoms with Crippen LogP contribution in [0.1, 0.15) is 66.5 Å². The van der Waals surface area contributed by atoms with Crippen LogP contribution in [0.4, 0.5) is 4.39 Å². The Balaban J connectivity index is 1.20. The third-order valence-corrected chi connectivity index (χ3v) is 9.39. The second-order valence-corrected chi connectivity index (χ2v) is 12.2. The zero-order chi connectivity index (χ0) is 29.2. The first-order valence-electron chi connectivity index (χ1n) is 14.3. The smallest absolute Gasteiger partial charge is 0.333 e. The van der Waals surface area contributed by atoms with Gasteiger partial charge in [0.15, 0.2) is 0 Å². The van der Waals surface area contributed by atoms with E-state index < -0.39 is 23.0 Å². The fraction of sp³-hybridized carbons (Fsp3) is 0.387. The van der Waals surface area contributed by atoms with Crippen molar-refractivity contribution in [2.45, 2.75) is 63.2 Å². The van der Waals surface area contributed by atoms with Crippen molar-refractivity contribution >= 4 is 28.7 Å². The van der Waals surface area contributed by atoms with Crippen LogP contribution in [0.5, 0.6) is 0 Å². The van der Waals surface area contributed by atoms with E-state index in [0.717, 1.165) is 36.1 Å². The number of carbonyl (C=O) groups excluding carboxylic acids is 1.